The minimum atomic E-state index is -1.28. The van der Waals surface area contributed by atoms with E-state index in [1.165, 1.54) is 89.9 Å². The second-order valence-electron chi connectivity index (χ2n) is 12.5. The van der Waals surface area contributed by atoms with Crippen LogP contribution in [0.5, 0.6) is 0 Å². The minimum absolute atomic E-state index is 0. The second-order valence-corrected chi connectivity index (χ2v) is 12.5. The summed E-state index contributed by atoms with van der Waals surface area (Å²) in [7, 11) is 0. The Morgan fingerprint density at radius 3 is 0.920 bits per heavy atom. The van der Waals surface area contributed by atoms with Crippen molar-refractivity contribution >= 4 is 35.8 Å². The van der Waals surface area contributed by atoms with Gasteiger partial charge >= 0.3 is 83.0 Å². The maximum atomic E-state index is 11.5. The molecule has 4 N–H and O–H groups in total. The summed E-state index contributed by atoms with van der Waals surface area (Å²) in [6.07, 6.45) is 22.8. The number of carboxylic acids is 2. The monoisotopic (exact) mass is 730 g/mol. The van der Waals surface area contributed by atoms with Crippen molar-refractivity contribution in [2.24, 2.45) is 11.5 Å². The van der Waals surface area contributed by atoms with Crippen LogP contribution < -0.4 is 80.8 Å². The van der Waals surface area contributed by atoms with Crippen molar-refractivity contribution in [3.05, 3.63) is 0 Å². The van der Waals surface area contributed by atoms with E-state index >= 15 is 0 Å². The fourth-order valence-corrected chi connectivity index (χ4v) is 4.77. The van der Waals surface area contributed by atoms with Gasteiger partial charge in [-0.05, 0) is 38.5 Å². The zero-order valence-electron chi connectivity index (χ0n) is 31.8. The molecular weight excluding hydrogens is 666 g/mol. The SMILES string of the molecule is CCCCCCCCCCCC(=O)OC(=O)[C@@H](N)CCC(=O)[O-].CCCCCCCCCCCCCC(=O)OC(=O)[C@@H](N)CCC(=O)[O-].[Na+].[Na+]. The molecule has 0 spiro atoms. The molecule has 50 heavy (non-hydrogen) atoms. The molecule has 0 aliphatic heterocycles. The molecule has 0 bridgehead atoms. The van der Waals surface area contributed by atoms with Crippen LogP contribution in [0.2, 0.25) is 0 Å². The molecule has 2 atom stereocenters. The number of carboxylic acid groups (broad SMARTS) is 2. The molecule has 12 nitrogen and oxygen atoms in total. The number of rotatable bonds is 30. The maximum absolute atomic E-state index is 11.5. The number of carbonyl (C=O) groups is 6. The third-order valence-electron chi connectivity index (χ3n) is 7.82. The summed E-state index contributed by atoms with van der Waals surface area (Å²) in [4.78, 5) is 66.5. The third kappa shape index (κ3) is 41.6. The van der Waals surface area contributed by atoms with Crippen molar-refractivity contribution < 1.29 is 108 Å². The van der Waals surface area contributed by atoms with Crippen molar-refractivity contribution in [2.45, 2.75) is 193 Å². The van der Waals surface area contributed by atoms with Gasteiger partial charge in [-0.3, -0.25) is 9.59 Å². The van der Waals surface area contributed by atoms with Gasteiger partial charge in [-0.1, -0.05) is 129 Å². The van der Waals surface area contributed by atoms with Crippen LogP contribution in [0, 0.1) is 0 Å². The summed E-state index contributed by atoms with van der Waals surface area (Å²) >= 11 is 0. The van der Waals surface area contributed by atoms with Crippen molar-refractivity contribution in [1.82, 2.24) is 0 Å². The Hall–Kier alpha value is -0.860. The second kappa shape index (κ2) is 40.9. The van der Waals surface area contributed by atoms with Crippen LogP contribution in [0.1, 0.15) is 181 Å². The first-order valence-corrected chi connectivity index (χ1v) is 18.3. The van der Waals surface area contributed by atoms with Crippen molar-refractivity contribution in [1.29, 1.82) is 0 Å². The zero-order chi connectivity index (χ0) is 36.4. The first kappa shape index (κ1) is 55.9. The summed E-state index contributed by atoms with van der Waals surface area (Å²) < 4.78 is 9.22. The van der Waals surface area contributed by atoms with Crippen LogP contribution in [-0.4, -0.2) is 47.9 Å². The van der Waals surface area contributed by atoms with E-state index in [9.17, 15) is 39.0 Å². The van der Waals surface area contributed by atoms with Gasteiger partial charge in [0.05, 0.1) is 0 Å². The van der Waals surface area contributed by atoms with Gasteiger partial charge in [0.2, 0.25) is 0 Å². The quantitative estimate of drug-likeness (QED) is 0.0372. The number of carbonyl (C=O) groups excluding carboxylic acids is 6. The number of hydrogen-bond donors (Lipinski definition) is 2. The fraction of sp³-hybridized carbons (Fsp3) is 0.833. The molecule has 0 saturated carbocycles. The van der Waals surface area contributed by atoms with E-state index in [2.05, 4.69) is 23.3 Å². The predicted octanol–water partition coefficient (Wildman–Crippen LogP) is -1.54. The van der Waals surface area contributed by atoms with E-state index in [0.717, 1.165) is 25.7 Å². The topological polar surface area (TPSA) is 219 Å². The van der Waals surface area contributed by atoms with E-state index in [4.69, 9.17) is 11.5 Å². The van der Waals surface area contributed by atoms with Crippen molar-refractivity contribution in [2.75, 3.05) is 0 Å². The first-order chi connectivity index (χ1) is 22.9. The van der Waals surface area contributed by atoms with E-state index in [-0.39, 0.29) is 97.6 Å². The molecule has 0 radical (unpaired) electrons. The fourth-order valence-electron chi connectivity index (χ4n) is 4.77. The molecule has 0 heterocycles. The van der Waals surface area contributed by atoms with Crippen LogP contribution in [0.25, 0.3) is 0 Å². The van der Waals surface area contributed by atoms with E-state index < -0.39 is 47.9 Å². The van der Waals surface area contributed by atoms with Gasteiger partial charge in [0, 0.05) is 24.8 Å². The van der Waals surface area contributed by atoms with E-state index in [1.807, 2.05) is 0 Å². The number of ether oxygens (including phenoxy) is 2. The number of aliphatic carboxylic acids is 2. The van der Waals surface area contributed by atoms with Crippen LogP contribution in [0.3, 0.4) is 0 Å². The number of nitrogens with two attached hydrogens (primary N) is 2. The Morgan fingerprint density at radius 1 is 0.440 bits per heavy atom. The molecule has 0 amide bonds. The first-order valence-electron chi connectivity index (χ1n) is 18.3. The number of esters is 4. The normalized spacial score (nSPS) is 11.4. The molecule has 0 aromatic rings. The zero-order valence-corrected chi connectivity index (χ0v) is 35.8. The standard InChI is InChI=1S/C19H35NO5.C17H31NO5.2Na/c1-2-3-4-5-6-7-8-9-10-11-12-13-18(23)25-19(24)16(20)14-15-17(21)22;1-2-3-4-5-6-7-8-9-10-11-16(21)23-17(22)14(18)12-13-15(19)20;;/h16H,2-15,20H2,1H3,(H,21,22);14H,2-13,18H2,1H3,(H,19,20);;/q;;2*+1/p-2/t16-;14-;;/m00../s1. The van der Waals surface area contributed by atoms with E-state index in [0.29, 0.717) is 12.8 Å². The van der Waals surface area contributed by atoms with Gasteiger partial charge in [0.1, 0.15) is 12.1 Å². The Balaban J connectivity index is -0.000000408. The van der Waals surface area contributed by atoms with Crippen molar-refractivity contribution in [3.8, 4) is 0 Å². The van der Waals surface area contributed by atoms with Gasteiger partial charge in [-0.15, -0.1) is 0 Å². The van der Waals surface area contributed by atoms with Crippen LogP contribution in [0.4, 0.5) is 0 Å². The molecule has 0 aromatic carbocycles. The largest absolute Gasteiger partial charge is 1.00 e. The Morgan fingerprint density at radius 2 is 0.680 bits per heavy atom. The summed E-state index contributed by atoms with van der Waals surface area (Å²) in [5, 5.41) is 20.6. The van der Waals surface area contributed by atoms with Gasteiger partial charge < -0.3 is 40.7 Å². The summed E-state index contributed by atoms with van der Waals surface area (Å²) in [5.74, 6) is -5.49. The van der Waals surface area contributed by atoms with Gasteiger partial charge in [0.15, 0.2) is 0 Å². The van der Waals surface area contributed by atoms with Crippen LogP contribution in [0.15, 0.2) is 0 Å². The van der Waals surface area contributed by atoms with Crippen LogP contribution >= 0.6 is 0 Å². The maximum Gasteiger partial charge on any atom is 1.00 e. The van der Waals surface area contributed by atoms with Crippen molar-refractivity contribution in [3.63, 3.8) is 0 Å². The Bertz CT molecular complexity index is 893. The summed E-state index contributed by atoms with van der Waals surface area (Å²) in [5.41, 5.74) is 10.9. The summed E-state index contributed by atoms with van der Waals surface area (Å²) in [6, 6.07) is -2.20. The minimum Gasteiger partial charge on any atom is -0.550 e. The number of unbranched alkanes of at least 4 members (excludes halogenated alkanes) is 18. The van der Waals surface area contributed by atoms with Crippen LogP contribution in [-0.2, 0) is 38.2 Å². The third-order valence-corrected chi connectivity index (χ3v) is 7.82. The molecule has 0 aliphatic rings. The molecule has 0 unspecified atom stereocenters. The molecular formula is C36H64N2Na2O10. The molecule has 0 saturated heterocycles. The van der Waals surface area contributed by atoms with E-state index in [1.54, 1.807) is 0 Å². The molecule has 14 heteroatoms. The van der Waals surface area contributed by atoms with Gasteiger partial charge in [0.25, 0.3) is 0 Å². The average Bonchev–Trinajstić information content (AvgIpc) is 3.04. The molecule has 0 fully saturated rings. The Labute approximate surface area is 345 Å². The summed E-state index contributed by atoms with van der Waals surface area (Å²) in [6.45, 7) is 4.41. The number of hydrogen-bond acceptors (Lipinski definition) is 12. The molecule has 0 aromatic heterocycles. The predicted molar refractivity (Wildman–Crippen MR) is 180 cm³/mol. The average molecular weight is 731 g/mol. The Kier molecular flexibility index (Phi) is 45.7. The molecule has 0 rings (SSSR count). The molecule has 280 valence electrons. The smallest absolute Gasteiger partial charge is 0.550 e. The van der Waals surface area contributed by atoms with Gasteiger partial charge in [-0.2, -0.15) is 0 Å². The van der Waals surface area contributed by atoms with Gasteiger partial charge in [-0.25, -0.2) is 9.59 Å². The molecule has 0 aliphatic carbocycles.